The molecule has 65 heavy (non-hydrogen) atoms. The van der Waals surface area contributed by atoms with Crippen LogP contribution in [0.1, 0.15) is 53.7 Å². The standard InChI is InChI=1S/C42H41N7O14S2/c1-23-36-35(24(2)50)39(51)46(36)37(40(52)61-19-25-3-9-28(10-4-25)47(55)56)38(23)65-31-17-33(45(18-31)42(54)63-21-27-7-13-30(14-8-27)49(59)60)32-22-64-34(44-32)15-16-43-41(53)62-20-26-5-11-29(12-6-26)48(57)58/h3-14,22-24,31,33,35-36,50H,15-21H2,1-2H3,(H,43,53)/t23-,24-,31+,33+,35-,36-/m1/s1. The SMILES string of the molecule is C[C@@H](O)[C@H]1C(=O)N2C(C(=O)OCc3ccc([N+](=O)[O-])cc3)=C(S[C@H]3C[C@@H](c4csc(CCNC(=O)OCc5ccc([N+](=O)[O-])cc5)n4)N(C(=O)OCc4ccc([N+](=O)[O-])cc4)C3)[C@H](C)[C@H]12. The molecule has 0 bridgehead atoms. The van der Waals surface area contributed by atoms with Gasteiger partial charge in [0, 0.05) is 77.4 Å². The second kappa shape index (κ2) is 19.8. The summed E-state index contributed by atoms with van der Waals surface area (Å²) < 4.78 is 16.6. The van der Waals surface area contributed by atoms with E-state index < -0.39 is 68.9 Å². The minimum Gasteiger partial charge on any atom is -0.456 e. The van der Waals surface area contributed by atoms with Gasteiger partial charge in [0.2, 0.25) is 5.91 Å². The highest BCUT2D eigenvalue weighted by molar-refractivity contribution is 8.03. The second-order valence-electron chi connectivity index (χ2n) is 15.4. The largest absolute Gasteiger partial charge is 0.456 e. The van der Waals surface area contributed by atoms with Gasteiger partial charge in [0.1, 0.15) is 25.5 Å². The fraction of sp³-hybridized carbons (Fsp3) is 0.357. The van der Waals surface area contributed by atoms with Crippen molar-refractivity contribution in [2.24, 2.45) is 11.8 Å². The topological polar surface area (TPSA) is 277 Å². The van der Waals surface area contributed by atoms with Gasteiger partial charge in [-0.3, -0.25) is 40.0 Å². The smallest absolute Gasteiger partial charge is 0.410 e. The number of thiazole rings is 1. The zero-order valence-electron chi connectivity index (χ0n) is 34.7. The Morgan fingerprint density at radius 3 is 1.91 bits per heavy atom. The number of nitrogens with one attached hydrogen (secondary N) is 1. The summed E-state index contributed by atoms with van der Waals surface area (Å²) in [6.45, 7) is 3.15. The van der Waals surface area contributed by atoms with Crippen molar-refractivity contribution in [3.8, 4) is 0 Å². The van der Waals surface area contributed by atoms with Gasteiger partial charge in [0.05, 0.1) is 49.6 Å². The maximum absolute atomic E-state index is 13.9. The lowest BCUT2D eigenvalue weighted by Gasteiger charge is -2.46. The first kappa shape index (κ1) is 46.0. The molecule has 0 spiro atoms. The van der Waals surface area contributed by atoms with Crippen LogP contribution in [0.4, 0.5) is 26.7 Å². The normalized spacial score (nSPS) is 20.4. The number of fused-ring (bicyclic) bond motifs is 1. The lowest BCUT2D eigenvalue weighted by atomic mass is 9.79. The highest BCUT2D eigenvalue weighted by Gasteiger charge is 2.60. The van der Waals surface area contributed by atoms with Crippen LogP contribution in [0.25, 0.3) is 0 Å². The van der Waals surface area contributed by atoms with Crippen LogP contribution in [0.15, 0.2) is 88.8 Å². The van der Waals surface area contributed by atoms with Gasteiger partial charge in [0.15, 0.2) is 0 Å². The fourth-order valence-corrected chi connectivity index (χ4v) is 10.2. The number of carbonyl (C=O) groups excluding carboxylic acids is 4. The maximum Gasteiger partial charge on any atom is 0.410 e. The summed E-state index contributed by atoms with van der Waals surface area (Å²) >= 11 is 2.63. The number of aliphatic hydroxyl groups excluding tert-OH is 1. The van der Waals surface area contributed by atoms with Crippen molar-refractivity contribution in [3.05, 3.63) is 147 Å². The predicted molar refractivity (Wildman–Crippen MR) is 231 cm³/mol. The van der Waals surface area contributed by atoms with Crippen molar-refractivity contribution < 1.29 is 53.3 Å². The number of rotatable bonds is 17. The van der Waals surface area contributed by atoms with E-state index in [-0.39, 0.29) is 60.9 Å². The number of nitro benzene ring substituents is 3. The molecule has 3 aliphatic rings. The number of non-ortho nitro benzene ring substituents is 3. The minimum absolute atomic E-state index is 0.0294. The molecule has 1 aromatic heterocycles. The van der Waals surface area contributed by atoms with Crippen molar-refractivity contribution >= 4 is 64.2 Å². The van der Waals surface area contributed by atoms with Gasteiger partial charge in [-0.15, -0.1) is 23.1 Å². The lowest BCUT2D eigenvalue weighted by Crippen LogP contribution is -2.63. The Labute approximate surface area is 377 Å². The van der Waals surface area contributed by atoms with Crippen LogP contribution >= 0.6 is 23.1 Å². The molecule has 2 fully saturated rings. The monoisotopic (exact) mass is 931 g/mol. The van der Waals surface area contributed by atoms with Gasteiger partial charge >= 0.3 is 18.2 Å². The number of hydrogen-bond acceptors (Lipinski definition) is 17. The molecular weight excluding hydrogens is 891 g/mol. The van der Waals surface area contributed by atoms with E-state index in [4.69, 9.17) is 19.2 Å². The number of alkyl carbamates (subject to hydrolysis) is 1. The van der Waals surface area contributed by atoms with Gasteiger partial charge in [0.25, 0.3) is 17.1 Å². The molecule has 2 N–H and O–H groups in total. The Bertz CT molecular complexity index is 2520. The Kier molecular flexibility index (Phi) is 14.0. The van der Waals surface area contributed by atoms with Gasteiger partial charge in [-0.05, 0) is 66.4 Å². The van der Waals surface area contributed by atoms with Crippen LogP contribution in [0.5, 0.6) is 0 Å². The number of amides is 3. The summed E-state index contributed by atoms with van der Waals surface area (Å²) in [5, 5.41) is 48.5. The summed E-state index contributed by atoms with van der Waals surface area (Å²) in [6.07, 6.45) is -1.72. The van der Waals surface area contributed by atoms with E-state index in [0.717, 1.165) is 0 Å². The van der Waals surface area contributed by atoms with Crippen molar-refractivity contribution in [2.45, 2.75) is 69.9 Å². The second-order valence-corrected chi connectivity index (χ2v) is 17.7. The molecule has 0 unspecified atom stereocenters. The van der Waals surface area contributed by atoms with Crippen molar-refractivity contribution in [1.29, 1.82) is 0 Å². The third kappa shape index (κ3) is 10.4. The highest BCUT2D eigenvalue weighted by Crippen LogP contribution is 2.53. The molecule has 21 nitrogen and oxygen atoms in total. The maximum atomic E-state index is 13.9. The quantitative estimate of drug-likeness (QED) is 0.0384. The molecule has 0 aliphatic carbocycles. The Morgan fingerprint density at radius 2 is 1.38 bits per heavy atom. The first-order valence-electron chi connectivity index (χ1n) is 20.2. The van der Waals surface area contributed by atoms with Crippen molar-refractivity contribution in [2.75, 3.05) is 13.1 Å². The number of carbonyl (C=O) groups is 4. The molecule has 2 saturated heterocycles. The van der Waals surface area contributed by atoms with Crippen LogP contribution < -0.4 is 5.32 Å². The molecule has 3 amide bonds. The van der Waals surface area contributed by atoms with Crippen LogP contribution in [-0.4, -0.2) is 89.2 Å². The minimum atomic E-state index is -0.994. The molecule has 6 atom stereocenters. The van der Waals surface area contributed by atoms with Gasteiger partial charge in [-0.25, -0.2) is 19.4 Å². The Hall–Kier alpha value is -6.98. The molecule has 3 aromatic carbocycles. The third-order valence-corrected chi connectivity index (χ3v) is 13.6. The van der Waals surface area contributed by atoms with E-state index in [2.05, 4.69) is 5.32 Å². The van der Waals surface area contributed by atoms with E-state index in [1.165, 1.54) is 113 Å². The summed E-state index contributed by atoms with van der Waals surface area (Å²) in [7, 11) is 0. The van der Waals surface area contributed by atoms with Crippen LogP contribution in [0.2, 0.25) is 0 Å². The molecule has 23 heteroatoms. The predicted octanol–water partition coefficient (Wildman–Crippen LogP) is 6.33. The molecule has 0 saturated carbocycles. The van der Waals surface area contributed by atoms with E-state index in [0.29, 0.717) is 45.1 Å². The molecule has 3 aliphatic heterocycles. The number of likely N-dealkylation sites (tertiary alicyclic amines) is 1. The average molecular weight is 932 g/mol. The third-order valence-electron chi connectivity index (χ3n) is 11.2. The zero-order valence-corrected chi connectivity index (χ0v) is 36.3. The number of β-lactam (4-membered cyclic amide) rings is 1. The van der Waals surface area contributed by atoms with Gasteiger partial charge < -0.3 is 29.5 Å². The number of esters is 1. The van der Waals surface area contributed by atoms with E-state index >= 15 is 0 Å². The molecule has 340 valence electrons. The molecule has 0 radical (unpaired) electrons. The number of aliphatic hydroxyl groups is 1. The van der Waals surface area contributed by atoms with Crippen LogP contribution in [0, 0.1) is 42.2 Å². The first-order valence-corrected chi connectivity index (χ1v) is 21.9. The molecule has 4 aromatic rings. The number of nitrogens with zero attached hydrogens (tertiary/aromatic N) is 6. The summed E-state index contributed by atoms with van der Waals surface area (Å²) in [6, 6.07) is 15.5. The highest BCUT2D eigenvalue weighted by atomic mass is 32.2. The van der Waals surface area contributed by atoms with Gasteiger partial charge in [-0.1, -0.05) is 6.92 Å². The number of benzene rings is 3. The molecule has 7 rings (SSSR count). The summed E-state index contributed by atoms with van der Waals surface area (Å²) in [5.74, 6) is -2.39. The zero-order chi connectivity index (χ0) is 46.5. The van der Waals surface area contributed by atoms with Crippen molar-refractivity contribution in [1.82, 2.24) is 20.1 Å². The average Bonchev–Trinajstić information content (AvgIpc) is 3.99. The van der Waals surface area contributed by atoms with Gasteiger partial charge in [-0.2, -0.15) is 0 Å². The summed E-state index contributed by atoms with van der Waals surface area (Å²) in [5.41, 5.74) is 1.80. The van der Waals surface area contributed by atoms with Crippen LogP contribution in [0.3, 0.4) is 0 Å². The lowest BCUT2D eigenvalue weighted by molar-refractivity contribution is -0.385. The van der Waals surface area contributed by atoms with E-state index in [1.807, 2.05) is 6.92 Å². The summed E-state index contributed by atoms with van der Waals surface area (Å²) in [4.78, 5) is 93.4. The number of hydrogen-bond donors (Lipinski definition) is 2. The Balaban J connectivity index is 1.06. The molecule has 4 heterocycles. The first-order chi connectivity index (χ1) is 31.1. The number of nitro groups is 3. The van der Waals surface area contributed by atoms with Crippen molar-refractivity contribution in [3.63, 3.8) is 0 Å². The molecular formula is C42H41N7O14S2. The van der Waals surface area contributed by atoms with Crippen LogP contribution in [-0.2, 0) is 50.0 Å². The number of ether oxygens (including phenoxy) is 3. The fourth-order valence-electron chi connectivity index (χ4n) is 7.86. The van der Waals surface area contributed by atoms with E-state index in [9.17, 15) is 54.6 Å². The van der Waals surface area contributed by atoms with E-state index in [1.54, 1.807) is 5.38 Å². The number of aromatic nitrogens is 1. The Morgan fingerprint density at radius 1 is 0.862 bits per heavy atom. The number of thioether (sulfide) groups is 1.